The molecule has 162 valence electrons. The molecule has 5 nitrogen and oxygen atoms in total. The van der Waals surface area contributed by atoms with Crippen molar-refractivity contribution < 1.29 is 18.3 Å². The van der Waals surface area contributed by atoms with Crippen LogP contribution < -0.4 is 0 Å². The quantitative estimate of drug-likeness (QED) is 0.474. The Kier molecular flexibility index (Phi) is 6.62. The number of halogens is 3. The number of alkyl halides is 3. The topological polar surface area (TPSA) is 63.8 Å². The highest BCUT2D eigenvalue weighted by Gasteiger charge is 2.30. The van der Waals surface area contributed by atoms with Gasteiger partial charge in [0.05, 0.1) is 18.7 Å². The summed E-state index contributed by atoms with van der Waals surface area (Å²) < 4.78 is 38.5. The third-order valence-electron chi connectivity index (χ3n) is 4.36. The minimum absolute atomic E-state index is 0.115. The van der Waals surface area contributed by atoms with E-state index >= 15 is 0 Å². The van der Waals surface area contributed by atoms with Crippen molar-refractivity contribution >= 4 is 8.07 Å². The van der Waals surface area contributed by atoms with E-state index in [0.717, 1.165) is 28.8 Å². The third kappa shape index (κ3) is 6.26. The molecule has 0 spiro atoms. The van der Waals surface area contributed by atoms with Crippen molar-refractivity contribution in [1.29, 1.82) is 0 Å². The molecule has 3 aromatic rings. The van der Waals surface area contributed by atoms with Crippen molar-refractivity contribution in [2.24, 2.45) is 0 Å². The van der Waals surface area contributed by atoms with Crippen LogP contribution >= 0.6 is 0 Å². The monoisotopic (exact) mass is 444 g/mol. The lowest BCUT2D eigenvalue weighted by molar-refractivity contribution is -0.137. The van der Waals surface area contributed by atoms with Gasteiger partial charge < -0.3 is 5.11 Å². The molecular formula is C22H23F3N4OSi. The standard InChI is InChI=1S/C22H23F3N4OSi/c1-31(2,3)13-10-17-4-7-18(14-16-5-8-19(9-6-16)22(23,24)25)20(15-17)21-26-28-29(27-21)11-12-30/h4-9,15,30H,11-12,14H2,1-3H3. The van der Waals surface area contributed by atoms with Crippen LogP contribution in [0.5, 0.6) is 0 Å². The van der Waals surface area contributed by atoms with Crippen LogP contribution in [0, 0.1) is 11.5 Å². The van der Waals surface area contributed by atoms with Crippen LogP contribution in [0.4, 0.5) is 13.2 Å². The molecule has 0 atom stereocenters. The molecule has 0 bridgehead atoms. The summed E-state index contributed by atoms with van der Waals surface area (Å²) in [6.45, 7) is 6.57. The Balaban J connectivity index is 1.98. The molecule has 0 fully saturated rings. The molecule has 0 aliphatic heterocycles. The lowest BCUT2D eigenvalue weighted by Gasteiger charge is -2.10. The average Bonchev–Trinajstić information content (AvgIpc) is 3.15. The molecule has 0 saturated carbocycles. The van der Waals surface area contributed by atoms with E-state index in [2.05, 4.69) is 46.5 Å². The van der Waals surface area contributed by atoms with E-state index in [4.69, 9.17) is 5.11 Å². The zero-order valence-corrected chi connectivity index (χ0v) is 18.5. The Labute approximate surface area is 179 Å². The molecule has 2 aromatic carbocycles. The van der Waals surface area contributed by atoms with Crippen molar-refractivity contribution in [3.8, 4) is 22.9 Å². The van der Waals surface area contributed by atoms with Crippen LogP contribution in [0.3, 0.4) is 0 Å². The zero-order valence-electron chi connectivity index (χ0n) is 17.5. The molecule has 0 aliphatic carbocycles. The van der Waals surface area contributed by atoms with E-state index in [-0.39, 0.29) is 13.2 Å². The Morgan fingerprint density at radius 2 is 1.77 bits per heavy atom. The molecule has 0 amide bonds. The number of tetrazole rings is 1. The molecule has 0 radical (unpaired) electrons. The maximum atomic E-state index is 12.8. The van der Waals surface area contributed by atoms with Gasteiger partial charge in [-0.15, -0.1) is 15.7 Å². The number of hydrogen-bond donors (Lipinski definition) is 1. The van der Waals surface area contributed by atoms with Crippen molar-refractivity contribution in [3.63, 3.8) is 0 Å². The Morgan fingerprint density at radius 3 is 2.39 bits per heavy atom. The zero-order chi connectivity index (χ0) is 22.6. The van der Waals surface area contributed by atoms with Crippen molar-refractivity contribution in [1.82, 2.24) is 20.2 Å². The van der Waals surface area contributed by atoms with Gasteiger partial charge in [0, 0.05) is 11.1 Å². The van der Waals surface area contributed by atoms with Gasteiger partial charge in [-0.05, 0) is 47.0 Å². The second kappa shape index (κ2) is 9.04. The Bertz CT molecular complexity index is 1110. The van der Waals surface area contributed by atoms with Gasteiger partial charge in [0.15, 0.2) is 0 Å². The summed E-state index contributed by atoms with van der Waals surface area (Å²) in [6, 6.07) is 10.8. The highest BCUT2D eigenvalue weighted by molar-refractivity contribution is 6.83. The van der Waals surface area contributed by atoms with Crippen molar-refractivity contribution in [2.45, 2.75) is 38.8 Å². The van der Waals surface area contributed by atoms with Crippen LogP contribution in [0.2, 0.25) is 19.6 Å². The third-order valence-corrected chi connectivity index (χ3v) is 5.24. The van der Waals surface area contributed by atoms with Crippen molar-refractivity contribution in [3.05, 3.63) is 64.7 Å². The van der Waals surface area contributed by atoms with Gasteiger partial charge in [0.1, 0.15) is 8.07 Å². The summed E-state index contributed by atoms with van der Waals surface area (Å²) >= 11 is 0. The molecule has 0 unspecified atom stereocenters. The van der Waals surface area contributed by atoms with E-state index in [1.165, 1.54) is 16.9 Å². The van der Waals surface area contributed by atoms with Crippen LogP contribution in [0.25, 0.3) is 11.4 Å². The summed E-state index contributed by atoms with van der Waals surface area (Å²) in [5.74, 6) is 3.59. The second-order valence-electron chi connectivity index (χ2n) is 8.18. The summed E-state index contributed by atoms with van der Waals surface area (Å²) in [7, 11) is -1.57. The molecule has 1 aromatic heterocycles. The molecule has 9 heteroatoms. The lowest BCUT2D eigenvalue weighted by Crippen LogP contribution is -2.16. The maximum Gasteiger partial charge on any atom is 0.416 e. The maximum absolute atomic E-state index is 12.8. The smallest absolute Gasteiger partial charge is 0.394 e. The summed E-state index contributed by atoms with van der Waals surface area (Å²) in [4.78, 5) is 1.30. The number of rotatable bonds is 5. The van der Waals surface area contributed by atoms with Crippen LogP contribution in [-0.2, 0) is 19.1 Å². The fraction of sp³-hybridized carbons (Fsp3) is 0.318. The van der Waals surface area contributed by atoms with E-state index in [1.807, 2.05) is 18.2 Å². The molecule has 0 aliphatic rings. The minimum Gasteiger partial charge on any atom is -0.394 e. The van der Waals surface area contributed by atoms with Gasteiger partial charge in [-0.1, -0.05) is 43.8 Å². The fourth-order valence-electron chi connectivity index (χ4n) is 2.84. The largest absolute Gasteiger partial charge is 0.416 e. The van der Waals surface area contributed by atoms with Gasteiger partial charge >= 0.3 is 6.18 Å². The molecule has 31 heavy (non-hydrogen) atoms. The number of aliphatic hydroxyl groups is 1. The number of hydrogen-bond acceptors (Lipinski definition) is 4. The Morgan fingerprint density at radius 1 is 1.06 bits per heavy atom. The van der Waals surface area contributed by atoms with Crippen LogP contribution in [-0.4, -0.2) is 40.0 Å². The highest BCUT2D eigenvalue weighted by Crippen LogP contribution is 2.30. The first kappa shape index (κ1) is 22.7. The molecule has 3 rings (SSSR count). The SMILES string of the molecule is C[Si](C)(C)C#Cc1ccc(Cc2ccc(C(F)(F)F)cc2)c(-c2nnn(CCO)n2)c1. The van der Waals surface area contributed by atoms with E-state index in [9.17, 15) is 13.2 Å². The van der Waals surface area contributed by atoms with Crippen molar-refractivity contribution in [2.75, 3.05) is 6.61 Å². The van der Waals surface area contributed by atoms with Gasteiger partial charge in [-0.3, -0.25) is 0 Å². The second-order valence-corrected chi connectivity index (χ2v) is 12.9. The van der Waals surface area contributed by atoms with Gasteiger partial charge in [-0.25, -0.2) is 0 Å². The average molecular weight is 445 g/mol. The number of aromatic nitrogens is 4. The van der Waals surface area contributed by atoms with Gasteiger partial charge in [0.25, 0.3) is 0 Å². The van der Waals surface area contributed by atoms with E-state index < -0.39 is 19.8 Å². The normalized spacial score (nSPS) is 11.8. The number of nitrogens with zero attached hydrogens (tertiary/aromatic N) is 4. The highest BCUT2D eigenvalue weighted by atomic mass is 28.3. The first-order valence-corrected chi connectivity index (χ1v) is 13.3. The molecule has 0 saturated heterocycles. The fourth-order valence-corrected chi connectivity index (χ4v) is 3.36. The number of aliphatic hydroxyl groups excluding tert-OH is 1. The number of benzene rings is 2. The van der Waals surface area contributed by atoms with Crippen LogP contribution in [0.1, 0.15) is 22.3 Å². The summed E-state index contributed by atoms with van der Waals surface area (Å²) in [6.07, 6.45) is -3.96. The first-order valence-electron chi connectivity index (χ1n) is 9.76. The summed E-state index contributed by atoms with van der Waals surface area (Å²) in [5, 5.41) is 21.4. The molecule has 1 N–H and O–H groups in total. The lowest BCUT2D eigenvalue weighted by atomic mass is 9.97. The van der Waals surface area contributed by atoms with E-state index in [0.29, 0.717) is 17.8 Å². The van der Waals surface area contributed by atoms with Gasteiger partial charge in [-0.2, -0.15) is 18.0 Å². The predicted molar refractivity (Wildman–Crippen MR) is 115 cm³/mol. The Hall–Kier alpha value is -2.96. The minimum atomic E-state index is -4.37. The molecular weight excluding hydrogens is 421 g/mol. The predicted octanol–water partition coefficient (Wildman–Crippen LogP) is 4.17. The first-order chi connectivity index (χ1) is 14.5. The summed E-state index contributed by atoms with van der Waals surface area (Å²) in [5.41, 5.74) is 5.75. The van der Waals surface area contributed by atoms with Crippen LogP contribution in [0.15, 0.2) is 42.5 Å². The molecule has 1 heterocycles. The van der Waals surface area contributed by atoms with Gasteiger partial charge in [0.2, 0.25) is 5.82 Å². The van der Waals surface area contributed by atoms with E-state index in [1.54, 1.807) is 0 Å².